The number of carbonyl (C=O) groups excluding carboxylic acids is 2. The normalized spacial score (nSPS) is 17.1. The summed E-state index contributed by atoms with van der Waals surface area (Å²) in [5.74, 6) is 1.03. The number of anilines is 2. The van der Waals surface area contributed by atoms with Crippen molar-refractivity contribution in [1.82, 2.24) is 10.3 Å². The molecule has 0 unspecified atom stereocenters. The predicted molar refractivity (Wildman–Crippen MR) is 110 cm³/mol. The molecular formula is C22H26N4O2. The Morgan fingerprint density at radius 2 is 1.75 bits per heavy atom. The van der Waals surface area contributed by atoms with Gasteiger partial charge in [0.25, 0.3) is 5.91 Å². The van der Waals surface area contributed by atoms with Crippen molar-refractivity contribution in [2.75, 3.05) is 29.4 Å². The quantitative estimate of drug-likeness (QED) is 0.868. The van der Waals surface area contributed by atoms with Gasteiger partial charge in [-0.1, -0.05) is 0 Å². The molecule has 2 aliphatic heterocycles. The lowest BCUT2D eigenvalue weighted by Crippen LogP contribution is -2.35. The number of pyridine rings is 1. The van der Waals surface area contributed by atoms with Gasteiger partial charge in [-0.25, -0.2) is 4.98 Å². The number of amides is 2. The summed E-state index contributed by atoms with van der Waals surface area (Å²) in [6.07, 6.45) is 6.82. The molecule has 2 aromatic rings. The second kappa shape index (κ2) is 8.42. The Kier molecular flexibility index (Phi) is 5.55. The standard InChI is InChI=1S/C22H26N4O2/c27-21-5-1-2-14-26(21)19-8-6-18(7-9-19)22(28)24-16-17-10-11-23-20(15-17)25-12-3-4-13-25/h6-11,15H,1-5,12-14,16H2,(H,24,28). The van der Waals surface area contributed by atoms with Gasteiger partial charge in [0, 0.05) is 50.0 Å². The van der Waals surface area contributed by atoms with Gasteiger partial charge in [-0.05, 0) is 67.6 Å². The Morgan fingerprint density at radius 1 is 1.00 bits per heavy atom. The monoisotopic (exact) mass is 378 g/mol. The Labute approximate surface area is 165 Å². The van der Waals surface area contributed by atoms with E-state index in [1.165, 1.54) is 12.8 Å². The molecule has 2 aliphatic rings. The number of nitrogens with one attached hydrogen (secondary N) is 1. The predicted octanol–water partition coefficient (Wildman–Crippen LogP) is 3.13. The maximum Gasteiger partial charge on any atom is 0.251 e. The van der Waals surface area contributed by atoms with Gasteiger partial charge in [0.05, 0.1) is 0 Å². The number of nitrogens with zero attached hydrogens (tertiary/aromatic N) is 3. The summed E-state index contributed by atoms with van der Waals surface area (Å²) < 4.78 is 0. The fraction of sp³-hybridized carbons (Fsp3) is 0.409. The number of hydrogen-bond acceptors (Lipinski definition) is 4. The first-order valence-electron chi connectivity index (χ1n) is 10.1. The summed E-state index contributed by atoms with van der Waals surface area (Å²) in [7, 11) is 0. The molecule has 1 aromatic heterocycles. The molecule has 1 aromatic carbocycles. The molecule has 6 nitrogen and oxygen atoms in total. The number of benzene rings is 1. The molecule has 0 saturated carbocycles. The van der Waals surface area contributed by atoms with Crippen LogP contribution in [-0.2, 0) is 11.3 Å². The van der Waals surface area contributed by atoms with Crippen molar-refractivity contribution < 1.29 is 9.59 Å². The summed E-state index contributed by atoms with van der Waals surface area (Å²) in [5, 5.41) is 2.98. The molecular weight excluding hydrogens is 352 g/mol. The van der Waals surface area contributed by atoms with Crippen LogP contribution in [0.25, 0.3) is 0 Å². The van der Waals surface area contributed by atoms with Crippen LogP contribution in [0.3, 0.4) is 0 Å². The Morgan fingerprint density at radius 3 is 2.50 bits per heavy atom. The molecule has 0 aliphatic carbocycles. The number of piperidine rings is 1. The van der Waals surface area contributed by atoms with Crippen molar-refractivity contribution in [3.05, 3.63) is 53.7 Å². The van der Waals surface area contributed by atoms with Crippen LogP contribution in [0.5, 0.6) is 0 Å². The highest BCUT2D eigenvalue weighted by Crippen LogP contribution is 2.21. The summed E-state index contributed by atoms with van der Waals surface area (Å²) in [4.78, 5) is 33.1. The Balaban J connectivity index is 1.36. The van der Waals surface area contributed by atoms with Gasteiger partial charge in [0.15, 0.2) is 0 Å². The first kappa shape index (κ1) is 18.5. The second-order valence-electron chi connectivity index (χ2n) is 7.45. The molecule has 2 saturated heterocycles. The van der Waals surface area contributed by atoms with Crippen molar-refractivity contribution in [3.63, 3.8) is 0 Å². The zero-order valence-electron chi connectivity index (χ0n) is 16.1. The van der Waals surface area contributed by atoms with E-state index in [1.54, 1.807) is 18.3 Å². The largest absolute Gasteiger partial charge is 0.357 e. The van der Waals surface area contributed by atoms with Crippen LogP contribution in [0, 0.1) is 0 Å². The molecule has 0 spiro atoms. The van der Waals surface area contributed by atoms with Crippen molar-refractivity contribution >= 4 is 23.3 Å². The van der Waals surface area contributed by atoms with Gasteiger partial charge in [-0.2, -0.15) is 0 Å². The topological polar surface area (TPSA) is 65.5 Å². The average Bonchev–Trinajstić information content (AvgIpc) is 3.28. The SMILES string of the molecule is O=C(NCc1ccnc(N2CCCC2)c1)c1ccc(N2CCCCC2=O)cc1. The summed E-state index contributed by atoms with van der Waals surface area (Å²) in [6.45, 7) is 3.32. The zero-order chi connectivity index (χ0) is 19.3. The number of carbonyl (C=O) groups is 2. The number of hydrogen-bond donors (Lipinski definition) is 1. The van der Waals surface area contributed by atoms with E-state index in [0.29, 0.717) is 18.5 Å². The fourth-order valence-corrected chi connectivity index (χ4v) is 3.85. The molecule has 4 rings (SSSR count). The van der Waals surface area contributed by atoms with E-state index in [-0.39, 0.29) is 11.8 Å². The molecule has 1 N–H and O–H groups in total. The molecule has 3 heterocycles. The van der Waals surface area contributed by atoms with Crippen LogP contribution < -0.4 is 15.1 Å². The first-order chi connectivity index (χ1) is 13.7. The highest BCUT2D eigenvalue weighted by Gasteiger charge is 2.19. The van der Waals surface area contributed by atoms with Crippen molar-refractivity contribution in [2.24, 2.45) is 0 Å². The molecule has 0 bridgehead atoms. The van der Waals surface area contributed by atoms with E-state index < -0.39 is 0 Å². The molecule has 6 heteroatoms. The summed E-state index contributed by atoms with van der Waals surface area (Å²) in [6, 6.07) is 11.3. The zero-order valence-corrected chi connectivity index (χ0v) is 16.1. The van der Waals surface area contributed by atoms with Gasteiger partial charge < -0.3 is 15.1 Å². The molecule has 2 fully saturated rings. The van der Waals surface area contributed by atoms with Crippen molar-refractivity contribution in [3.8, 4) is 0 Å². The lowest BCUT2D eigenvalue weighted by molar-refractivity contribution is -0.119. The highest BCUT2D eigenvalue weighted by atomic mass is 16.2. The van der Waals surface area contributed by atoms with Crippen LogP contribution in [0.15, 0.2) is 42.6 Å². The minimum Gasteiger partial charge on any atom is -0.357 e. The minimum atomic E-state index is -0.115. The first-order valence-corrected chi connectivity index (χ1v) is 10.1. The highest BCUT2D eigenvalue weighted by molar-refractivity contribution is 5.96. The van der Waals surface area contributed by atoms with Crippen LogP contribution in [0.4, 0.5) is 11.5 Å². The van der Waals surface area contributed by atoms with Gasteiger partial charge in [0.1, 0.15) is 5.82 Å². The molecule has 2 amide bonds. The molecule has 146 valence electrons. The fourth-order valence-electron chi connectivity index (χ4n) is 3.85. The third kappa shape index (κ3) is 4.16. The van der Waals surface area contributed by atoms with Crippen molar-refractivity contribution in [2.45, 2.75) is 38.6 Å². The van der Waals surface area contributed by atoms with Crippen LogP contribution >= 0.6 is 0 Å². The van der Waals surface area contributed by atoms with Crippen molar-refractivity contribution in [1.29, 1.82) is 0 Å². The number of rotatable bonds is 5. The van der Waals surface area contributed by atoms with Crippen LogP contribution in [-0.4, -0.2) is 36.4 Å². The maximum atomic E-state index is 12.5. The summed E-state index contributed by atoms with van der Waals surface area (Å²) in [5.41, 5.74) is 2.51. The third-order valence-corrected chi connectivity index (χ3v) is 5.46. The van der Waals surface area contributed by atoms with E-state index in [0.717, 1.165) is 49.5 Å². The van der Waals surface area contributed by atoms with Crippen LogP contribution in [0.1, 0.15) is 48.0 Å². The Hall–Kier alpha value is -2.89. The van der Waals surface area contributed by atoms with Crippen LogP contribution in [0.2, 0.25) is 0 Å². The average molecular weight is 378 g/mol. The smallest absolute Gasteiger partial charge is 0.251 e. The van der Waals surface area contributed by atoms with E-state index in [4.69, 9.17) is 0 Å². The van der Waals surface area contributed by atoms with Gasteiger partial charge in [0.2, 0.25) is 5.91 Å². The van der Waals surface area contributed by atoms with Gasteiger partial charge in [-0.3, -0.25) is 9.59 Å². The van der Waals surface area contributed by atoms with E-state index in [9.17, 15) is 9.59 Å². The molecule has 0 radical (unpaired) electrons. The minimum absolute atomic E-state index is 0.115. The van der Waals surface area contributed by atoms with E-state index in [1.807, 2.05) is 23.1 Å². The van der Waals surface area contributed by atoms with E-state index in [2.05, 4.69) is 21.3 Å². The second-order valence-corrected chi connectivity index (χ2v) is 7.45. The lowest BCUT2D eigenvalue weighted by Gasteiger charge is -2.26. The molecule has 28 heavy (non-hydrogen) atoms. The summed E-state index contributed by atoms with van der Waals surface area (Å²) >= 11 is 0. The maximum absolute atomic E-state index is 12.5. The van der Waals surface area contributed by atoms with Gasteiger partial charge >= 0.3 is 0 Å². The van der Waals surface area contributed by atoms with Gasteiger partial charge in [-0.15, -0.1) is 0 Å². The molecule has 0 atom stereocenters. The lowest BCUT2D eigenvalue weighted by atomic mass is 10.1. The Bertz CT molecular complexity index is 844. The third-order valence-electron chi connectivity index (χ3n) is 5.46. The van der Waals surface area contributed by atoms with E-state index >= 15 is 0 Å². The number of aromatic nitrogens is 1.